The van der Waals surface area contributed by atoms with Crippen molar-refractivity contribution in [2.24, 2.45) is 16.7 Å². The molecule has 2 heteroatoms. The van der Waals surface area contributed by atoms with Gasteiger partial charge in [-0.2, -0.15) is 0 Å². The Balaban J connectivity index is 1.66. The molecular formula is C19H24O2. The van der Waals surface area contributed by atoms with Crippen molar-refractivity contribution < 1.29 is 9.53 Å². The molecule has 0 saturated heterocycles. The van der Waals surface area contributed by atoms with Crippen molar-refractivity contribution in [3.8, 4) is 0 Å². The third kappa shape index (κ3) is 2.31. The quantitative estimate of drug-likeness (QED) is 0.605. The van der Waals surface area contributed by atoms with Gasteiger partial charge in [0.15, 0.2) is 0 Å². The first-order valence-corrected chi connectivity index (χ1v) is 7.87. The number of rotatable bonds is 3. The standard InChI is InChI=1S/C19H24O2/c1-18(2)15-11-12-19(18,3)16(13-15)21-17(20)10-9-14-7-5-4-6-8-14/h4-10,15-16H,11-13H2,1-3H3/b10-9+/t15-,16-,19-/m1/s1. The second-order valence-electron chi connectivity index (χ2n) is 7.28. The number of hydrogen-bond acceptors (Lipinski definition) is 2. The van der Waals surface area contributed by atoms with E-state index in [2.05, 4.69) is 20.8 Å². The Morgan fingerprint density at radius 2 is 1.95 bits per heavy atom. The molecule has 0 N–H and O–H groups in total. The Hall–Kier alpha value is -1.57. The van der Waals surface area contributed by atoms with Crippen molar-refractivity contribution in [2.75, 3.05) is 0 Å². The van der Waals surface area contributed by atoms with Gasteiger partial charge in [0.1, 0.15) is 6.10 Å². The highest BCUT2D eigenvalue weighted by atomic mass is 16.5. The third-order valence-corrected chi connectivity index (χ3v) is 6.18. The number of carbonyl (C=O) groups is 1. The van der Waals surface area contributed by atoms with Gasteiger partial charge in [0, 0.05) is 11.5 Å². The highest BCUT2D eigenvalue weighted by molar-refractivity contribution is 5.87. The van der Waals surface area contributed by atoms with Crippen LogP contribution in [0.3, 0.4) is 0 Å². The molecule has 2 saturated carbocycles. The van der Waals surface area contributed by atoms with E-state index in [1.165, 1.54) is 12.8 Å². The smallest absolute Gasteiger partial charge is 0.331 e. The van der Waals surface area contributed by atoms with Gasteiger partial charge < -0.3 is 4.74 Å². The van der Waals surface area contributed by atoms with Gasteiger partial charge in [0.25, 0.3) is 0 Å². The van der Waals surface area contributed by atoms with Gasteiger partial charge in [-0.05, 0) is 42.2 Å². The topological polar surface area (TPSA) is 26.3 Å². The average Bonchev–Trinajstić information content (AvgIpc) is 2.79. The summed E-state index contributed by atoms with van der Waals surface area (Å²) in [6.45, 7) is 6.95. The molecule has 2 aliphatic carbocycles. The van der Waals surface area contributed by atoms with Gasteiger partial charge in [-0.15, -0.1) is 0 Å². The SMILES string of the molecule is CC1(C)[C@@H]2CC[C@]1(C)[C@H](OC(=O)/C=C/c1ccccc1)C2. The predicted octanol–water partition coefficient (Wildman–Crippen LogP) is 4.46. The summed E-state index contributed by atoms with van der Waals surface area (Å²) in [4.78, 5) is 12.1. The van der Waals surface area contributed by atoms with Crippen LogP contribution in [0.2, 0.25) is 0 Å². The first kappa shape index (κ1) is 14.4. The first-order valence-electron chi connectivity index (χ1n) is 7.87. The van der Waals surface area contributed by atoms with Gasteiger partial charge in [0.05, 0.1) is 0 Å². The van der Waals surface area contributed by atoms with E-state index in [1.54, 1.807) is 6.08 Å². The van der Waals surface area contributed by atoms with Crippen molar-refractivity contribution in [3.63, 3.8) is 0 Å². The molecule has 0 radical (unpaired) electrons. The van der Waals surface area contributed by atoms with Gasteiger partial charge in [-0.3, -0.25) is 0 Å². The lowest BCUT2D eigenvalue weighted by molar-refractivity contribution is -0.150. The Morgan fingerprint density at radius 3 is 2.52 bits per heavy atom. The Morgan fingerprint density at radius 1 is 1.24 bits per heavy atom. The molecule has 0 heterocycles. The maximum Gasteiger partial charge on any atom is 0.331 e. The summed E-state index contributed by atoms with van der Waals surface area (Å²) >= 11 is 0. The zero-order chi connectivity index (χ0) is 15.1. The molecule has 0 aromatic heterocycles. The van der Waals surface area contributed by atoms with Crippen LogP contribution in [0, 0.1) is 16.7 Å². The summed E-state index contributed by atoms with van der Waals surface area (Å²) in [5.74, 6) is 0.479. The summed E-state index contributed by atoms with van der Waals surface area (Å²) in [7, 11) is 0. The van der Waals surface area contributed by atoms with E-state index in [9.17, 15) is 4.79 Å². The second-order valence-corrected chi connectivity index (χ2v) is 7.28. The van der Waals surface area contributed by atoms with Crippen LogP contribution in [0.1, 0.15) is 45.6 Å². The number of ether oxygens (including phenoxy) is 1. The van der Waals surface area contributed by atoms with Crippen LogP contribution >= 0.6 is 0 Å². The molecule has 3 atom stereocenters. The van der Waals surface area contributed by atoms with Crippen LogP contribution in [-0.4, -0.2) is 12.1 Å². The molecule has 112 valence electrons. The van der Waals surface area contributed by atoms with E-state index >= 15 is 0 Å². The Kier molecular flexibility index (Phi) is 3.43. The zero-order valence-electron chi connectivity index (χ0n) is 13.1. The monoisotopic (exact) mass is 284 g/mol. The van der Waals surface area contributed by atoms with E-state index in [4.69, 9.17) is 4.74 Å². The van der Waals surface area contributed by atoms with E-state index in [-0.39, 0.29) is 22.9 Å². The third-order valence-electron chi connectivity index (χ3n) is 6.18. The molecule has 2 bridgehead atoms. The van der Waals surface area contributed by atoms with Crippen molar-refractivity contribution in [1.82, 2.24) is 0 Å². The van der Waals surface area contributed by atoms with Crippen LogP contribution < -0.4 is 0 Å². The fraction of sp³-hybridized carbons (Fsp3) is 0.526. The van der Waals surface area contributed by atoms with Gasteiger partial charge in [0.2, 0.25) is 0 Å². The van der Waals surface area contributed by atoms with Crippen molar-refractivity contribution in [3.05, 3.63) is 42.0 Å². The van der Waals surface area contributed by atoms with E-state index in [0.717, 1.165) is 12.0 Å². The Bertz CT molecular complexity index is 558. The van der Waals surface area contributed by atoms with Crippen LogP contribution in [0.25, 0.3) is 6.08 Å². The highest BCUT2D eigenvalue weighted by Gasteiger charge is 2.62. The zero-order valence-corrected chi connectivity index (χ0v) is 13.1. The number of fused-ring (bicyclic) bond motifs is 2. The minimum absolute atomic E-state index is 0.0687. The van der Waals surface area contributed by atoms with Crippen LogP contribution in [0.5, 0.6) is 0 Å². The number of hydrogen-bond donors (Lipinski definition) is 0. The molecule has 21 heavy (non-hydrogen) atoms. The van der Waals surface area contributed by atoms with E-state index in [0.29, 0.717) is 5.92 Å². The second kappa shape index (κ2) is 5.01. The average molecular weight is 284 g/mol. The lowest BCUT2D eigenvalue weighted by atomic mass is 9.70. The molecule has 2 fully saturated rings. The maximum absolute atomic E-state index is 12.1. The number of benzene rings is 1. The van der Waals surface area contributed by atoms with Crippen molar-refractivity contribution >= 4 is 12.0 Å². The van der Waals surface area contributed by atoms with E-state index in [1.807, 2.05) is 36.4 Å². The summed E-state index contributed by atoms with van der Waals surface area (Å²) in [5.41, 5.74) is 1.43. The number of carbonyl (C=O) groups excluding carboxylic acids is 1. The van der Waals surface area contributed by atoms with Gasteiger partial charge in [-0.25, -0.2) is 4.79 Å². The summed E-state index contributed by atoms with van der Waals surface area (Å²) in [6.07, 6.45) is 6.91. The van der Waals surface area contributed by atoms with Crippen LogP contribution in [0.15, 0.2) is 36.4 Å². The van der Waals surface area contributed by atoms with Crippen LogP contribution in [-0.2, 0) is 9.53 Å². The normalized spacial score (nSPS) is 33.5. The molecule has 2 nitrogen and oxygen atoms in total. The highest BCUT2D eigenvalue weighted by Crippen LogP contribution is 2.66. The predicted molar refractivity (Wildman–Crippen MR) is 84.6 cm³/mol. The Labute approximate surface area is 127 Å². The molecule has 1 aromatic rings. The summed E-state index contributed by atoms with van der Waals surface area (Å²) in [6, 6.07) is 9.85. The molecule has 1 aromatic carbocycles. The molecule has 0 unspecified atom stereocenters. The van der Waals surface area contributed by atoms with Gasteiger partial charge >= 0.3 is 5.97 Å². The fourth-order valence-electron chi connectivity index (χ4n) is 4.22. The van der Waals surface area contributed by atoms with Crippen LogP contribution in [0.4, 0.5) is 0 Å². The molecule has 3 rings (SSSR count). The van der Waals surface area contributed by atoms with Crippen molar-refractivity contribution in [2.45, 2.75) is 46.1 Å². The largest absolute Gasteiger partial charge is 0.459 e. The lowest BCUT2D eigenvalue weighted by Crippen LogP contribution is -2.38. The summed E-state index contributed by atoms with van der Waals surface area (Å²) in [5, 5.41) is 0. The molecule has 0 spiro atoms. The van der Waals surface area contributed by atoms with Crippen molar-refractivity contribution in [1.29, 1.82) is 0 Å². The maximum atomic E-state index is 12.1. The number of esters is 1. The summed E-state index contributed by atoms with van der Waals surface area (Å²) < 4.78 is 5.78. The molecule has 0 amide bonds. The molecule has 2 aliphatic rings. The minimum atomic E-state index is -0.214. The molecular weight excluding hydrogens is 260 g/mol. The molecule has 0 aliphatic heterocycles. The van der Waals surface area contributed by atoms with Gasteiger partial charge in [-0.1, -0.05) is 51.1 Å². The van der Waals surface area contributed by atoms with E-state index < -0.39 is 0 Å². The minimum Gasteiger partial charge on any atom is -0.459 e. The first-order chi connectivity index (χ1) is 9.93. The lowest BCUT2D eigenvalue weighted by Gasteiger charge is -2.38. The fourth-order valence-corrected chi connectivity index (χ4v) is 4.22.